The number of halogens is 1. The van der Waals surface area contributed by atoms with Gasteiger partial charge in [-0.15, -0.1) is 11.3 Å². The summed E-state index contributed by atoms with van der Waals surface area (Å²) in [5, 5.41) is 11.6. The lowest BCUT2D eigenvalue weighted by atomic mass is 10.0. The van der Waals surface area contributed by atoms with Crippen molar-refractivity contribution in [2.75, 3.05) is 6.61 Å². The molecule has 2 aromatic heterocycles. The van der Waals surface area contributed by atoms with Gasteiger partial charge in [0.05, 0.1) is 37.6 Å². The number of thiophene rings is 1. The van der Waals surface area contributed by atoms with E-state index in [2.05, 4.69) is 4.98 Å². The van der Waals surface area contributed by atoms with Crippen LogP contribution in [0.2, 0.25) is 5.02 Å². The number of ether oxygens (including phenoxy) is 1. The zero-order chi connectivity index (χ0) is 21.1. The van der Waals surface area contributed by atoms with Crippen molar-refractivity contribution in [1.29, 1.82) is 0 Å². The predicted octanol–water partition coefficient (Wildman–Crippen LogP) is 4.66. The number of hydrogen-bond donors (Lipinski definition) is 1. The lowest BCUT2D eigenvalue weighted by molar-refractivity contribution is 0.0199. The number of aromatic nitrogens is 2. The Morgan fingerprint density at radius 1 is 1.17 bits per heavy atom. The molecule has 2 aromatic carbocycles. The van der Waals surface area contributed by atoms with Crippen LogP contribution in [0.15, 0.2) is 65.7 Å². The molecule has 0 amide bonds. The van der Waals surface area contributed by atoms with Crippen LogP contribution in [-0.4, -0.2) is 27.4 Å². The molecule has 4 aromatic rings. The fourth-order valence-electron chi connectivity index (χ4n) is 3.42. The average molecular weight is 441 g/mol. The minimum atomic E-state index is -0.843. The number of aliphatic hydroxyl groups is 1. The van der Waals surface area contributed by atoms with E-state index < -0.39 is 6.10 Å². The summed E-state index contributed by atoms with van der Waals surface area (Å²) in [4.78, 5) is 19.4. The maximum Gasteiger partial charge on any atom is 0.262 e. The van der Waals surface area contributed by atoms with E-state index in [1.165, 1.54) is 22.2 Å². The maximum atomic E-state index is 13.2. The second kappa shape index (κ2) is 9.10. The minimum absolute atomic E-state index is 0.0872. The highest BCUT2D eigenvalue weighted by atomic mass is 35.5. The quantitative estimate of drug-likeness (QED) is 0.453. The first-order valence-corrected chi connectivity index (χ1v) is 10.8. The SMILES string of the molecule is Cc1sc2ncn(CC(O)COCc3ccccc3Cl)c(=O)c2c1-c1ccccc1. The van der Waals surface area contributed by atoms with Gasteiger partial charge in [-0.1, -0.05) is 60.1 Å². The second-order valence-electron chi connectivity index (χ2n) is 7.04. The van der Waals surface area contributed by atoms with Gasteiger partial charge < -0.3 is 9.84 Å². The van der Waals surface area contributed by atoms with Crippen LogP contribution in [0.4, 0.5) is 0 Å². The summed E-state index contributed by atoms with van der Waals surface area (Å²) in [5.41, 5.74) is 2.59. The van der Waals surface area contributed by atoms with Crippen molar-refractivity contribution in [2.24, 2.45) is 0 Å². The van der Waals surface area contributed by atoms with Gasteiger partial charge >= 0.3 is 0 Å². The highest BCUT2D eigenvalue weighted by molar-refractivity contribution is 7.19. The number of hydrogen-bond acceptors (Lipinski definition) is 5. The molecule has 0 radical (unpaired) electrons. The van der Waals surface area contributed by atoms with Gasteiger partial charge in [0.2, 0.25) is 0 Å². The van der Waals surface area contributed by atoms with E-state index in [1.54, 1.807) is 6.07 Å². The second-order valence-corrected chi connectivity index (χ2v) is 8.65. The molecule has 0 bridgehead atoms. The smallest absolute Gasteiger partial charge is 0.262 e. The summed E-state index contributed by atoms with van der Waals surface area (Å²) >= 11 is 7.62. The molecule has 0 aliphatic carbocycles. The van der Waals surface area contributed by atoms with Gasteiger partial charge in [0.1, 0.15) is 4.83 Å². The van der Waals surface area contributed by atoms with Crippen LogP contribution in [0.25, 0.3) is 21.3 Å². The molecule has 154 valence electrons. The van der Waals surface area contributed by atoms with E-state index in [4.69, 9.17) is 16.3 Å². The molecule has 0 aliphatic heterocycles. The molecule has 30 heavy (non-hydrogen) atoms. The van der Waals surface area contributed by atoms with E-state index >= 15 is 0 Å². The highest BCUT2D eigenvalue weighted by Crippen LogP contribution is 2.35. The molecule has 0 fully saturated rings. The lowest BCUT2D eigenvalue weighted by Gasteiger charge is -2.13. The Kier molecular flexibility index (Phi) is 6.29. The molecular weight excluding hydrogens is 420 g/mol. The van der Waals surface area contributed by atoms with E-state index in [0.29, 0.717) is 21.8 Å². The van der Waals surface area contributed by atoms with Gasteiger partial charge in [-0.05, 0) is 24.1 Å². The molecule has 0 spiro atoms. The van der Waals surface area contributed by atoms with Gasteiger partial charge in [0.25, 0.3) is 5.56 Å². The number of fused-ring (bicyclic) bond motifs is 1. The van der Waals surface area contributed by atoms with Crippen molar-refractivity contribution >= 4 is 33.2 Å². The van der Waals surface area contributed by atoms with Crippen LogP contribution in [0.1, 0.15) is 10.4 Å². The van der Waals surface area contributed by atoms with Crippen LogP contribution in [0.5, 0.6) is 0 Å². The van der Waals surface area contributed by atoms with Crippen LogP contribution < -0.4 is 5.56 Å². The third-order valence-corrected chi connectivity index (χ3v) is 6.23. The minimum Gasteiger partial charge on any atom is -0.389 e. The number of benzene rings is 2. The Morgan fingerprint density at radius 2 is 1.90 bits per heavy atom. The summed E-state index contributed by atoms with van der Waals surface area (Å²) in [7, 11) is 0. The zero-order valence-corrected chi connectivity index (χ0v) is 18.0. The fourth-order valence-corrected chi connectivity index (χ4v) is 4.61. The Hall–Kier alpha value is -2.51. The molecule has 7 heteroatoms. The molecule has 5 nitrogen and oxygen atoms in total. The molecule has 0 saturated carbocycles. The van der Waals surface area contributed by atoms with E-state index in [0.717, 1.165) is 21.6 Å². The standard InChI is InChI=1S/C23H21ClN2O3S/c1-15-20(16-7-3-2-4-8-16)21-22(30-15)25-14-26(23(21)28)11-18(27)13-29-12-17-9-5-6-10-19(17)24/h2-10,14,18,27H,11-13H2,1H3. The molecule has 1 unspecified atom stereocenters. The van der Waals surface area contributed by atoms with Crippen molar-refractivity contribution in [2.45, 2.75) is 26.2 Å². The molecule has 2 heterocycles. The van der Waals surface area contributed by atoms with Crippen molar-refractivity contribution in [3.05, 3.63) is 86.7 Å². The maximum absolute atomic E-state index is 13.2. The summed E-state index contributed by atoms with van der Waals surface area (Å²) in [6, 6.07) is 17.2. The van der Waals surface area contributed by atoms with Gasteiger partial charge in [-0.3, -0.25) is 9.36 Å². The lowest BCUT2D eigenvalue weighted by Crippen LogP contribution is -2.29. The molecule has 0 aliphatic rings. The average Bonchev–Trinajstić information content (AvgIpc) is 3.09. The van der Waals surface area contributed by atoms with Gasteiger partial charge in [0.15, 0.2) is 0 Å². The van der Waals surface area contributed by atoms with Crippen molar-refractivity contribution in [3.63, 3.8) is 0 Å². The first-order chi connectivity index (χ1) is 14.5. The van der Waals surface area contributed by atoms with E-state index in [1.807, 2.05) is 55.5 Å². The summed E-state index contributed by atoms with van der Waals surface area (Å²) in [5.74, 6) is 0. The number of aliphatic hydroxyl groups excluding tert-OH is 1. The highest BCUT2D eigenvalue weighted by Gasteiger charge is 2.18. The third kappa shape index (κ3) is 4.32. The normalized spacial score (nSPS) is 12.4. The van der Waals surface area contributed by atoms with Gasteiger partial charge in [-0.2, -0.15) is 0 Å². The predicted molar refractivity (Wildman–Crippen MR) is 121 cm³/mol. The van der Waals surface area contributed by atoms with E-state index in [-0.39, 0.29) is 18.7 Å². The Labute approximate surface area is 183 Å². The Bertz CT molecular complexity index is 1220. The molecule has 0 saturated heterocycles. The van der Waals surface area contributed by atoms with Gasteiger partial charge in [-0.25, -0.2) is 4.98 Å². The third-order valence-electron chi connectivity index (χ3n) is 4.85. The first kappa shape index (κ1) is 20.8. The number of rotatable bonds is 7. The Balaban J connectivity index is 1.53. The number of nitrogens with zero attached hydrogens (tertiary/aromatic N) is 2. The zero-order valence-electron chi connectivity index (χ0n) is 16.4. The van der Waals surface area contributed by atoms with Crippen LogP contribution in [-0.2, 0) is 17.9 Å². The molecular formula is C23H21ClN2O3S. The van der Waals surface area contributed by atoms with Gasteiger partial charge in [0, 0.05) is 15.5 Å². The fraction of sp³-hybridized carbons (Fsp3) is 0.217. The van der Waals surface area contributed by atoms with Crippen molar-refractivity contribution in [1.82, 2.24) is 9.55 Å². The Morgan fingerprint density at radius 3 is 2.67 bits per heavy atom. The first-order valence-electron chi connectivity index (χ1n) is 9.57. The summed E-state index contributed by atoms with van der Waals surface area (Å²) in [6.45, 7) is 2.48. The number of aryl methyl sites for hydroxylation is 1. The van der Waals surface area contributed by atoms with Crippen LogP contribution in [0.3, 0.4) is 0 Å². The monoisotopic (exact) mass is 440 g/mol. The summed E-state index contributed by atoms with van der Waals surface area (Å²) in [6.07, 6.45) is 0.650. The molecule has 4 rings (SSSR count). The summed E-state index contributed by atoms with van der Waals surface area (Å²) < 4.78 is 7.04. The topological polar surface area (TPSA) is 64.3 Å². The largest absolute Gasteiger partial charge is 0.389 e. The van der Waals surface area contributed by atoms with Crippen molar-refractivity contribution < 1.29 is 9.84 Å². The van der Waals surface area contributed by atoms with Crippen LogP contribution >= 0.6 is 22.9 Å². The van der Waals surface area contributed by atoms with E-state index in [9.17, 15) is 9.90 Å². The molecule has 1 atom stereocenters. The van der Waals surface area contributed by atoms with Crippen molar-refractivity contribution in [3.8, 4) is 11.1 Å². The van der Waals surface area contributed by atoms with Crippen LogP contribution in [0, 0.1) is 6.92 Å². The molecule has 1 N–H and O–H groups in total.